The van der Waals surface area contributed by atoms with Gasteiger partial charge in [0.25, 0.3) is 0 Å². The smallest absolute Gasteiger partial charge is 0.449 e. The molecule has 0 radical (unpaired) electrons. The molecule has 0 atom stereocenters. The molecular weight excluding hydrogens is 198 g/mol. The van der Waals surface area contributed by atoms with Gasteiger partial charge in [-0.05, 0) is 12.1 Å². The molecule has 1 aromatic heterocycles. The summed E-state index contributed by atoms with van der Waals surface area (Å²) in [6.45, 7) is 0. The van der Waals surface area contributed by atoms with Crippen molar-refractivity contribution in [1.82, 2.24) is 4.98 Å². The second-order valence-electron chi connectivity index (χ2n) is 2.72. The van der Waals surface area contributed by atoms with Crippen LogP contribution < -0.4 is 4.74 Å². The van der Waals surface area contributed by atoms with Gasteiger partial charge in [0.05, 0.1) is 0 Å². The molecule has 0 aliphatic carbocycles. The first-order valence-electron chi connectivity index (χ1n) is 4.18. The molecule has 0 aliphatic heterocycles. The van der Waals surface area contributed by atoms with Crippen LogP contribution in [0.5, 0.6) is 5.95 Å². The van der Waals surface area contributed by atoms with E-state index in [1.54, 1.807) is 12.1 Å². The molecule has 0 saturated heterocycles. The quantitative estimate of drug-likeness (QED) is 0.762. The van der Waals surface area contributed by atoms with Crippen molar-refractivity contribution in [2.45, 2.75) is 0 Å². The van der Waals surface area contributed by atoms with E-state index in [0.29, 0.717) is 5.89 Å². The van der Waals surface area contributed by atoms with Crippen LogP contribution in [0.3, 0.4) is 0 Å². The van der Waals surface area contributed by atoms with Crippen molar-refractivity contribution in [3.8, 4) is 17.4 Å². The van der Waals surface area contributed by atoms with Crippen LogP contribution in [0.15, 0.2) is 40.9 Å². The number of carboxylic acid groups (broad SMARTS) is 1. The predicted molar refractivity (Wildman–Crippen MR) is 50.6 cm³/mol. The maximum atomic E-state index is 10.2. The summed E-state index contributed by atoms with van der Waals surface area (Å²) in [5.41, 5.74) is 0.762. The SMILES string of the molecule is O=C(O)Oc1cnc(-c2ccccc2)o1. The minimum Gasteiger partial charge on any atom is -0.449 e. The Morgan fingerprint density at radius 3 is 2.73 bits per heavy atom. The largest absolute Gasteiger partial charge is 0.513 e. The normalized spacial score (nSPS) is 9.87. The van der Waals surface area contributed by atoms with E-state index in [9.17, 15) is 4.79 Å². The van der Waals surface area contributed by atoms with Crippen LogP contribution in [0.4, 0.5) is 4.79 Å². The van der Waals surface area contributed by atoms with E-state index < -0.39 is 6.16 Å². The molecule has 0 saturated carbocycles. The number of benzene rings is 1. The highest BCUT2D eigenvalue weighted by atomic mass is 16.7. The zero-order valence-electron chi connectivity index (χ0n) is 7.58. The van der Waals surface area contributed by atoms with Crippen LogP contribution in [0.1, 0.15) is 0 Å². The maximum Gasteiger partial charge on any atom is 0.513 e. The Hall–Kier alpha value is -2.30. The molecule has 0 amide bonds. The third kappa shape index (κ3) is 2.14. The Morgan fingerprint density at radius 1 is 1.33 bits per heavy atom. The summed E-state index contributed by atoms with van der Waals surface area (Å²) in [5.74, 6) is 0.188. The lowest BCUT2D eigenvalue weighted by atomic mass is 10.2. The van der Waals surface area contributed by atoms with Crippen molar-refractivity contribution in [3.63, 3.8) is 0 Å². The lowest BCUT2D eigenvalue weighted by Gasteiger charge is -1.93. The first-order valence-corrected chi connectivity index (χ1v) is 4.18. The van der Waals surface area contributed by atoms with Gasteiger partial charge in [-0.25, -0.2) is 9.78 Å². The van der Waals surface area contributed by atoms with Crippen LogP contribution in [-0.2, 0) is 0 Å². The lowest BCUT2D eigenvalue weighted by molar-refractivity contribution is 0.133. The Labute approximate surface area is 84.9 Å². The molecule has 76 valence electrons. The lowest BCUT2D eigenvalue weighted by Crippen LogP contribution is -2.01. The number of nitrogens with zero attached hydrogens (tertiary/aromatic N) is 1. The van der Waals surface area contributed by atoms with Crippen LogP contribution in [0, 0.1) is 0 Å². The van der Waals surface area contributed by atoms with Gasteiger partial charge in [-0.2, -0.15) is 0 Å². The van der Waals surface area contributed by atoms with Gasteiger partial charge in [0, 0.05) is 5.56 Å². The van der Waals surface area contributed by atoms with Crippen molar-refractivity contribution in [1.29, 1.82) is 0 Å². The van der Waals surface area contributed by atoms with E-state index in [1.807, 2.05) is 18.2 Å². The molecule has 0 spiro atoms. The van der Waals surface area contributed by atoms with Gasteiger partial charge in [-0.15, -0.1) is 0 Å². The number of oxazole rings is 1. The molecule has 1 heterocycles. The minimum absolute atomic E-state index is 0.138. The molecule has 0 bridgehead atoms. The topological polar surface area (TPSA) is 72.6 Å². The number of hydrogen-bond acceptors (Lipinski definition) is 4. The molecule has 1 N–H and O–H groups in total. The van der Waals surface area contributed by atoms with Crippen LogP contribution in [0.25, 0.3) is 11.5 Å². The first-order chi connectivity index (χ1) is 7.25. The second kappa shape index (κ2) is 3.83. The third-order valence-electron chi connectivity index (χ3n) is 1.69. The molecule has 2 aromatic rings. The molecule has 0 fully saturated rings. The van der Waals surface area contributed by atoms with E-state index in [1.165, 1.54) is 6.20 Å². The Bertz CT molecular complexity index is 463. The Balaban J connectivity index is 2.24. The summed E-state index contributed by atoms with van der Waals surface area (Å²) in [7, 11) is 0. The monoisotopic (exact) mass is 205 g/mol. The summed E-state index contributed by atoms with van der Waals surface area (Å²) in [4.78, 5) is 14.1. The second-order valence-corrected chi connectivity index (χ2v) is 2.72. The number of carbonyl (C=O) groups is 1. The van der Waals surface area contributed by atoms with E-state index in [0.717, 1.165) is 5.56 Å². The molecule has 5 heteroatoms. The Kier molecular flexibility index (Phi) is 2.37. The molecule has 0 unspecified atom stereocenters. The fourth-order valence-electron chi connectivity index (χ4n) is 1.11. The summed E-state index contributed by atoms with van der Waals surface area (Å²) in [5, 5.41) is 8.34. The Morgan fingerprint density at radius 2 is 2.07 bits per heavy atom. The summed E-state index contributed by atoms with van der Waals surface area (Å²) in [6, 6.07) is 9.13. The molecule has 15 heavy (non-hydrogen) atoms. The van der Waals surface area contributed by atoms with E-state index in [4.69, 9.17) is 9.52 Å². The fourth-order valence-corrected chi connectivity index (χ4v) is 1.11. The molecule has 5 nitrogen and oxygen atoms in total. The zero-order chi connectivity index (χ0) is 10.7. The summed E-state index contributed by atoms with van der Waals surface area (Å²) in [6.07, 6.45) is -0.207. The van der Waals surface area contributed by atoms with E-state index in [-0.39, 0.29) is 5.95 Å². The number of ether oxygens (including phenoxy) is 1. The van der Waals surface area contributed by atoms with Crippen molar-refractivity contribution >= 4 is 6.16 Å². The third-order valence-corrected chi connectivity index (χ3v) is 1.69. The minimum atomic E-state index is -1.43. The number of aromatic nitrogens is 1. The van der Waals surface area contributed by atoms with E-state index >= 15 is 0 Å². The van der Waals surface area contributed by atoms with Gasteiger partial charge in [-0.1, -0.05) is 18.2 Å². The molecular formula is C10H7NO4. The van der Waals surface area contributed by atoms with Crippen LogP contribution >= 0.6 is 0 Å². The van der Waals surface area contributed by atoms with Gasteiger partial charge in [-0.3, -0.25) is 0 Å². The number of hydrogen-bond donors (Lipinski definition) is 1. The fraction of sp³-hybridized carbons (Fsp3) is 0. The van der Waals surface area contributed by atoms with Crippen molar-refractivity contribution < 1.29 is 19.1 Å². The maximum absolute atomic E-state index is 10.2. The van der Waals surface area contributed by atoms with Gasteiger partial charge in [0.2, 0.25) is 5.89 Å². The molecule has 1 aromatic carbocycles. The summed E-state index contributed by atoms with van der Waals surface area (Å²) >= 11 is 0. The van der Waals surface area contributed by atoms with Gasteiger partial charge in [0.1, 0.15) is 6.20 Å². The predicted octanol–water partition coefficient (Wildman–Crippen LogP) is 2.40. The van der Waals surface area contributed by atoms with Gasteiger partial charge >= 0.3 is 12.1 Å². The van der Waals surface area contributed by atoms with Crippen LogP contribution in [-0.4, -0.2) is 16.2 Å². The average molecular weight is 205 g/mol. The van der Waals surface area contributed by atoms with Gasteiger partial charge < -0.3 is 14.3 Å². The van der Waals surface area contributed by atoms with Gasteiger partial charge in [0.15, 0.2) is 0 Å². The summed E-state index contributed by atoms with van der Waals surface area (Å²) < 4.78 is 9.37. The van der Waals surface area contributed by atoms with E-state index in [2.05, 4.69) is 9.72 Å². The average Bonchev–Trinajstić information content (AvgIpc) is 2.67. The highest BCUT2D eigenvalue weighted by Crippen LogP contribution is 2.22. The standard InChI is InChI=1S/C10H7NO4/c12-10(13)15-8-6-11-9(14-8)7-4-2-1-3-5-7/h1-6H,(H,12,13). The van der Waals surface area contributed by atoms with Crippen LogP contribution in [0.2, 0.25) is 0 Å². The van der Waals surface area contributed by atoms with Crippen molar-refractivity contribution in [2.24, 2.45) is 0 Å². The zero-order valence-corrected chi connectivity index (χ0v) is 7.58. The first kappa shape index (κ1) is 9.26. The molecule has 0 aliphatic rings. The highest BCUT2D eigenvalue weighted by molar-refractivity contribution is 5.60. The van der Waals surface area contributed by atoms with Crippen molar-refractivity contribution in [2.75, 3.05) is 0 Å². The number of rotatable bonds is 2. The molecule has 2 rings (SSSR count). The van der Waals surface area contributed by atoms with Crippen molar-refractivity contribution in [3.05, 3.63) is 36.5 Å². The highest BCUT2D eigenvalue weighted by Gasteiger charge is 2.09.